The van der Waals surface area contributed by atoms with E-state index in [2.05, 4.69) is 4.98 Å². The van der Waals surface area contributed by atoms with Crippen LogP contribution in [0.3, 0.4) is 0 Å². The summed E-state index contributed by atoms with van der Waals surface area (Å²) in [6.45, 7) is 2.05. The molecule has 1 aliphatic heterocycles. The van der Waals surface area contributed by atoms with Crippen molar-refractivity contribution in [2.45, 2.75) is 25.8 Å². The number of amides is 1. The molecule has 1 aromatic carbocycles. The molecule has 1 amide bonds. The van der Waals surface area contributed by atoms with Crippen LogP contribution in [0.25, 0.3) is 0 Å². The van der Waals surface area contributed by atoms with Crippen molar-refractivity contribution in [1.82, 2.24) is 9.88 Å². The zero-order valence-corrected chi connectivity index (χ0v) is 14.8. The Kier molecular flexibility index (Phi) is 4.83. The normalized spacial score (nSPS) is 16.1. The number of benzene rings is 1. The molecule has 138 valence electrons. The predicted octanol–water partition coefficient (Wildman–Crippen LogP) is 2.21. The predicted molar refractivity (Wildman–Crippen MR) is 90.5 cm³/mol. The molecule has 0 aliphatic carbocycles. The number of nitrogens with zero attached hydrogens (tertiary/aromatic N) is 2. The van der Waals surface area contributed by atoms with Gasteiger partial charge < -0.3 is 23.9 Å². The van der Waals surface area contributed by atoms with E-state index in [0.29, 0.717) is 30.2 Å². The topological polar surface area (TPSA) is 102 Å². The number of carboxylic acid groups (broad SMARTS) is 1. The lowest BCUT2D eigenvalue weighted by Crippen LogP contribution is -2.41. The third-order valence-corrected chi connectivity index (χ3v) is 4.57. The van der Waals surface area contributed by atoms with Crippen LogP contribution in [0.2, 0.25) is 0 Å². The molecule has 1 unspecified atom stereocenters. The number of hydrogen-bond donors (Lipinski definition) is 1. The van der Waals surface area contributed by atoms with E-state index in [-0.39, 0.29) is 18.1 Å². The molecule has 0 radical (unpaired) electrons. The van der Waals surface area contributed by atoms with Crippen LogP contribution in [0.1, 0.15) is 39.8 Å². The molecule has 8 nitrogen and oxygen atoms in total. The average molecular weight is 360 g/mol. The fourth-order valence-electron chi connectivity index (χ4n) is 3.29. The summed E-state index contributed by atoms with van der Waals surface area (Å²) in [5.41, 5.74) is 2.15. The molecule has 8 heteroatoms. The van der Waals surface area contributed by atoms with E-state index in [1.54, 1.807) is 20.1 Å². The minimum Gasteiger partial charge on any atom is -0.493 e. The molecule has 0 saturated carbocycles. The fourth-order valence-corrected chi connectivity index (χ4v) is 3.29. The second-order valence-electron chi connectivity index (χ2n) is 6.04. The number of fused-ring (bicyclic) bond motifs is 1. The second kappa shape index (κ2) is 7.07. The number of carboxylic acids is 1. The Morgan fingerprint density at radius 3 is 2.58 bits per heavy atom. The van der Waals surface area contributed by atoms with E-state index in [0.717, 1.165) is 11.1 Å². The fraction of sp³-hybridized carbons (Fsp3) is 0.389. The first kappa shape index (κ1) is 17.8. The van der Waals surface area contributed by atoms with E-state index in [9.17, 15) is 14.7 Å². The zero-order chi connectivity index (χ0) is 18.8. The van der Waals surface area contributed by atoms with Crippen LogP contribution in [-0.2, 0) is 11.2 Å². The maximum absolute atomic E-state index is 12.9. The molecule has 2 aromatic rings. The number of aryl methyl sites for hydroxylation is 1. The number of aliphatic carboxylic acids is 1. The monoisotopic (exact) mass is 360 g/mol. The second-order valence-corrected chi connectivity index (χ2v) is 6.04. The van der Waals surface area contributed by atoms with Crippen LogP contribution in [-0.4, -0.2) is 47.6 Å². The van der Waals surface area contributed by atoms with Crippen molar-refractivity contribution in [3.8, 4) is 11.5 Å². The summed E-state index contributed by atoms with van der Waals surface area (Å²) in [5, 5.41) is 9.37. The first-order valence-corrected chi connectivity index (χ1v) is 8.13. The van der Waals surface area contributed by atoms with Gasteiger partial charge in [-0.25, -0.2) is 4.98 Å². The van der Waals surface area contributed by atoms with Gasteiger partial charge >= 0.3 is 5.97 Å². The van der Waals surface area contributed by atoms with Crippen molar-refractivity contribution in [3.63, 3.8) is 0 Å². The first-order chi connectivity index (χ1) is 12.5. The Hall–Kier alpha value is -3.03. The molecule has 1 atom stereocenters. The Bertz CT molecular complexity index is 844. The molecule has 1 N–H and O–H groups in total. The molecule has 1 aromatic heterocycles. The van der Waals surface area contributed by atoms with Gasteiger partial charge in [-0.05, 0) is 36.6 Å². The van der Waals surface area contributed by atoms with E-state index < -0.39 is 12.0 Å². The first-order valence-electron chi connectivity index (χ1n) is 8.13. The molecule has 0 bridgehead atoms. The maximum Gasteiger partial charge on any atom is 0.305 e. The molecular weight excluding hydrogens is 340 g/mol. The Labute approximate surface area is 150 Å². The van der Waals surface area contributed by atoms with Crippen LogP contribution in [0.5, 0.6) is 11.5 Å². The van der Waals surface area contributed by atoms with Crippen molar-refractivity contribution in [3.05, 3.63) is 41.1 Å². The highest BCUT2D eigenvalue weighted by atomic mass is 16.5. The van der Waals surface area contributed by atoms with Crippen LogP contribution in [0.15, 0.2) is 22.9 Å². The largest absolute Gasteiger partial charge is 0.493 e. The van der Waals surface area contributed by atoms with Gasteiger partial charge in [0.1, 0.15) is 0 Å². The molecule has 0 saturated heterocycles. The molecule has 26 heavy (non-hydrogen) atoms. The number of methoxy groups -OCH3 is 2. The average Bonchev–Trinajstić information content (AvgIpc) is 3.05. The highest BCUT2D eigenvalue weighted by Gasteiger charge is 2.35. The number of aromatic nitrogens is 1. The Morgan fingerprint density at radius 2 is 2.00 bits per heavy atom. The summed E-state index contributed by atoms with van der Waals surface area (Å²) in [5.74, 6) is -0.168. The van der Waals surface area contributed by atoms with E-state index in [4.69, 9.17) is 13.9 Å². The summed E-state index contributed by atoms with van der Waals surface area (Å²) < 4.78 is 15.9. The number of hydrogen-bond acceptors (Lipinski definition) is 6. The van der Waals surface area contributed by atoms with E-state index in [1.165, 1.54) is 18.4 Å². The van der Waals surface area contributed by atoms with E-state index in [1.807, 2.05) is 6.07 Å². The third-order valence-electron chi connectivity index (χ3n) is 4.57. The molecular formula is C18H20N2O6. The van der Waals surface area contributed by atoms with Crippen molar-refractivity contribution in [2.75, 3.05) is 20.8 Å². The van der Waals surface area contributed by atoms with Gasteiger partial charge in [0.2, 0.25) is 5.76 Å². The van der Waals surface area contributed by atoms with Gasteiger partial charge in [0.05, 0.1) is 32.4 Å². The van der Waals surface area contributed by atoms with Crippen molar-refractivity contribution < 1.29 is 28.6 Å². The third kappa shape index (κ3) is 3.10. The highest BCUT2D eigenvalue weighted by molar-refractivity contribution is 5.93. The summed E-state index contributed by atoms with van der Waals surface area (Å²) in [7, 11) is 3.06. The number of carbonyl (C=O) groups excluding carboxylic acids is 1. The molecule has 0 fully saturated rings. The summed E-state index contributed by atoms with van der Waals surface area (Å²) in [6, 6.07) is 2.95. The van der Waals surface area contributed by atoms with Gasteiger partial charge in [-0.15, -0.1) is 0 Å². The Balaban J connectivity index is 2.05. The van der Waals surface area contributed by atoms with Crippen LogP contribution in [0, 0.1) is 6.92 Å². The quantitative estimate of drug-likeness (QED) is 0.872. The minimum absolute atomic E-state index is 0.129. The van der Waals surface area contributed by atoms with Gasteiger partial charge in [-0.2, -0.15) is 0 Å². The molecule has 3 rings (SSSR count). The highest BCUT2D eigenvalue weighted by Crippen LogP contribution is 2.40. The van der Waals surface area contributed by atoms with Gasteiger partial charge in [0.25, 0.3) is 5.91 Å². The van der Waals surface area contributed by atoms with Gasteiger partial charge in [-0.1, -0.05) is 0 Å². The Morgan fingerprint density at radius 1 is 1.31 bits per heavy atom. The SMILES string of the molecule is COc1cc2c(cc1OC)C(CC(=O)O)N(C(=O)c1ocnc1C)CC2. The number of ether oxygens (including phenoxy) is 2. The lowest BCUT2D eigenvalue weighted by Gasteiger charge is -2.36. The molecule has 2 heterocycles. The standard InChI is InChI=1S/C18H20N2O6/c1-10-17(26-9-19-10)18(23)20-5-4-11-6-14(24-2)15(25-3)7-12(11)13(20)8-16(21)22/h6-7,9,13H,4-5,8H2,1-3H3,(H,21,22). The summed E-state index contributed by atoms with van der Waals surface area (Å²) >= 11 is 0. The van der Waals surface area contributed by atoms with E-state index >= 15 is 0 Å². The maximum atomic E-state index is 12.9. The van der Waals surface area contributed by atoms with Crippen molar-refractivity contribution in [1.29, 1.82) is 0 Å². The zero-order valence-electron chi connectivity index (χ0n) is 14.8. The van der Waals surface area contributed by atoms with Crippen LogP contribution in [0.4, 0.5) is 0 Å². The number of carbonyl (C=O) groups is 2. The van der Waals surface area contributed by atoms with Crippen LogP contribution < -0.4 is 9.47 Å². The van der Waals surface area contributed by atoms with Gasteiger partial charge in [0, 0.05) is 6.54 Å². The summed E-state index contributed by atoms with van der Waals surface area (Å²) in [6.07, 6.45) is 1.56. The lowest BCUT2D eigenvalue weighted by molar-refractivity contribution is -0.138. The van der Waals surface area contributed by atoms with Gasteiger partial charge in [0.15, 0.2) is 17.9 Å². The van der Waals surface area contributed by atoms with Crippen molar-refractivity contribution >= 4 is 11.9 Å². The minimum atomic E-state index is -0.996. The van der Waals surface area contributed by atoms with Gasteiger partial charge in [-0.3, -0.25) is 9.59 Å². The number of oxazole rings is 1. The van der Waals surface area contributed by atoms with Crippen molar-refractivity contribution in [2.24, 2.45) is 0 Å². The van der Waals surface area contributed by atoms with Crippen LogP contribution >= 0.6 is 0 Å². The molecule has 1 aliphatic rings. The smallest absolute Gasteiger partial charge is 0.305 e. The lowest BCUT2D eigenvalue weighted by atomic mass is 9.89. The number of rotatable bonds is 5. The summed E-state index contributed by atoms with van der Waals surface area (Å²) in [4.78, 5) is 29.8. The molecule has 0 spiro atoms.